The maximum atomic E-state index is 4.47. The summed E-state index contributed by atoms with van der Waals surface area (Å²) in [4.78, 5) is 8.78. The summed E-state index contributed by atoms with van der Waals surface area (Å²) in [7, 11) is 0. The zero-order chi connectivity index (χ0) is 13.5. The lowest BCUT2D eigenvalue weighted by Crippen LogP contribution is -1.97. The van der Waals surface area contributed by atoms with Gasteiger partial charge < -0.3 is 0 Å². The second kappa shape index (κ2) is 6.45. The molecule has 0 saturated heterocycles. The van der Waals surface area contributed by atoms with Crippen molar-refractivity contribution >= 4 is 5.71 Å². The molecule has 1 heterocycles. The molecule has 0 N–H and O–H groups in total. The van der Waals surface area contributed by atoms with Crippen molar-refractivity contribution in [3.63, 3.8) is 0 Å². The van der Waals surface area contributed by atoms with E-state index in [0.29, 0.717) is 0 Å². The van der Waals surface area contributed by atoms with Gasteiger partial charge in [-0.3, -0.25) is 9.98 Å². The van der Waals surface area contributed by atoms with Crippen molar-refractivity contribution in [3.8, 4) is 11.3 Å². The van der Waals surface area contributed by atoms with Crippen LogP contribution in [0.2, 0.25) is 0 Å². The van der Waals surface area contributed by atoms with E-state index in [0.717, 1.165) is 22.5 Å². The molecule has 2 aromatic rings. The Morgan fingerprint density at radius 2 is 1.95 bits per heavy atom. The van der Waals surface area contributed by atoms with Crippen molar-refractivity contribution < 1.29 is 0 Å². The number of hydrogen-bond acceptors (Lipinski definition) is 2. The first-order valence-corrected chi connectivity index (χ1v) is 6.18. The van der Waals surface area contributed by atoms with Crippen LogP contribution in [0.5, 0.6) is 0 Å². The molecule has 1 aromatic carbocycles. The van der Waals surface area contributed by atoms with Crippen molar-refractivity contribution in [1.82, 2.24) is 4.98 Å². The van der Waals surface area contributed by atoms with E-state index in [2.05, 4.69) is 16.6 Å². The molecule has 0 unspecified atom stereocenters. The molecule has 19 heavy (non-hydrogen) atoms. The van der Waals surface area contributed by atoms with Crippen molar-refractivity contribution in [2.24, 2.45) is 4.99 Å². The van der Waals surface area contributed by atoms with E-state index in [1.165, 1.54) is 0 Å². The van der Waals surface area contributed by atoms with E-state index in [9.17, 15) is 0 Å². The van der Waals surface area contributed by atoms with E-state index in [1.807, 2.05) is 61.7 Å². The number of allylic oxidation sites excluding steroid dienone is 2. The molecule has 0 aliphatic rings. The highest BCUT2D eigenvalue weighted by Gasteiger charge is 2.01. The SMILES string of the molecule is C=CC(=N/C=C\C)c1ccc(-c2ccccc2)nc1. The highest BCUT2D eigenvalue weighted by atomic mass is 14.7. The fourth-order valence-corrected chi connectivity index (χ4v) is 1.72. The predicted molar refractivity (Wildman–Crippen MR) is 81.2 cm³/mol. The molecule has 0 aliphatic heterocycles. The zero-order valence-corrected chi connectivity index (χ0v) is 11.0. The normalized spacial score (nSPS) is 11.7. The second-order valence-electron chi connectivity index (χ2n) is 4.00. The van der Waals surface area contributed by atoms with Gasteiger partial charge in [0.05, 0.1) is 11.4 Å². The minimum absolute atomic E-state index is 0.824. The van der Waals surface area contributed by atoms with Crippen molar-refractivity contribution in [1.29, 1.82) is 0 Å². The van der Waals surface area contributed by atoms with Crippen molar-refractivity contribution in [2.75, 3.05) is 0 Å². The van der Waals surface area contributed by atoms with Crippen LogP contribution in [0.3, 0.4) is 0 Å². The number of rotatable bonds is 4. The van der Waals surface area contributed by atoms with E-state index in [1.54, 1.807) is 12.3 Å². The van der Waals surface area contributed by atoms with Gasteiger partial charge in [-0.15, -0.1) is 0 Å². The summed E-state index contributed by atoms with van der Waals surface area (Å²) < 4.78 is 0. The van der Waals surface area contributed by atoms with Crippen LogP contribution >= 0.6 is 0 Å². The lowest BCUT2D eigenvalue weighted by atomic mass is 10.1. The van der Waals surface area contributed by atoms with Gasteiger partial charge in [-0.25, -0.2) is 0 Å². The highest BCUT2D eigenvalue weighted by Crippen LogP contribution is 2.16. The maximum absolute atomic E-state index is 4.47. The van der Waals surface area contributed by atoms with Gasteiger partial charge in [0.25, 0.3) is 0 Å². The van der Waals surface area contributed by atoms with Crippen LogP contribution < -0.4 is 0 Å². The molecule has 1 aromatic heterocycles. The van der Waals surface area contributed by atoms with Crippen LogP contribution in [0.15, 0.2) is 78.6 Å². The molecule has 2 rings (SSSR count). The zero-order valence-electron chi connectivity index (χ0n) is 11.0. The number of benzene rings is 1. The minimum Gasteiger partial charge on any atom is -0.257 e. The molecule has 0 spiro atoms. The van der Waals surface area contributed by atoms with Gasteiger partial charge in [0.15, 0.2) is 0 Å². The van der Waals surface area contributed by atoms with E-state index >= 15 is 0 Å². The number of hydrogen-bond donors (Lipinski definition) is 0. The van der Waals surface area contributed by atoms with Crippen LogP contribution in [-0.2, 0) is 0 Å². The van der Waals surface area contributed by atoms with Gasteiger partial charge in [0.2, 0.25) is 0 Å². The Hall–Kier alpha value is -2.48. The summed E-state index contributed by atoms with van der Waals surface area (Å²) in [5.74, 6) is 0. The average molecular weight is 248 g/mol. The summed E-state index contributed by atoms with van der Waals surface area (Å²) in [6.45, 7) is 5.71. The van der Waals surface area contributed by atoms with Gasteiger partial charge in [-0.2, -0.15) is 0 Å². The summed E-state index contributed by atoms with van der Waals surface area (Å²) in [6, 6.07) is 14.1. The molecule has 94 valence electrons. The average Bonchev–Trinajstić information content (AvgIpc) is 2.49. The lowest BCUT2D eigenvalue weighted by Gasteiger charge is -2.03. The Balaban J connectivity index is 2.30. The van der Waals surface area contributed by atoms with Crippen LogP contribution in [-0.4, -0.2) is 10.7 Å². The molecular weight excluding hydrogens is 232 g/mol. The fraction of sp³-hybridized carbons (Fsp3) is 0.0588. The first-order valence-electron chi connectivity index (χ1n) is 6.18. The first kappa shape index (κ1) is 13.0. The predicted octanol–water partition coefficient (Wildman–Crippen LogP) is 4.26. The van der Waals surface area contributed by atoms with Gasteiger partial charge >= 0.3 is 0 Å². The van der Waals surface area contributed by atoms with Crippen LogP contribution in [0.1, 0.15) is 12.5 Å². The third-order valence-electron chi connectivity index (χ3n) is 2.68. The molecule has 2 heteroatoms. The van der Waals surface area contributed by atoms with Crippen LogP contribution in [0.25, 0.3) is 11.3 Å². The Kier molecular flexibility index (Phi) is 4.40. The van der Waals surface area contributed by atoms with Gasteiger partial charge in [0.1, 0.15) is 0 Å². The monoisotopic (exact) mass is 248 g/mol. The molecule has 0 saturated carbocycles. The Morgan fingerprint density at radius 1 is 1.16 bits per heavy atom. The van der Waals surface area contributed by atoms with Crippen molar-refractivity contribution in [3.05, 3.63) is 79.2 Å². The molecule has 0 amide bonds. The summed E-state index contributed by atoms with van der Waals surface area (Å²) in [5.41, 5.74) is 3.86. The van der Waals surface area contributed by atoms with E-state index in [-0.39, 0.29) is 0 Å². The largest absolute Gasteiger partial charge is 0.257 e. The van der Waals surface area contributed by atoms with E-state index in [4.69, 9.17) is 0 Å². The van der Waals surface area contributed by atoms with Gasteiger partial charge in [-0.1, -0.05) is 43.0 Å². The van der Waals surface area contributed by atoms with Crippen LogP contribution in [0, 0.1) is 0 Å². The summed E-state index contributed by atoms with van der Waals surface area (Å²) in [6.07, 6.45) is 7.20. The highest BCUT2D eigenvalue weighted by molar-refractivity contribution is 6.08. The molecule has 0 fully saturated rings. The van der Waals surface area contributed by atoms with Crippen LogP contribution in [0.4, 0.5) is 0 Å². The Labute approximate surface area is 113 Å². The molecule has 0 atom stereocenters. The Bertz CT molecular complexity index is 593. The number of pyridine rings is 1. The van der Waals surface area contributed by atoms with E-state index < -0.39 is 0 Å². The minimum atomic E-state index is 0.824. The molecule has 0 bridgehead atoms. The molecule has 0 aliphatic carbocycles. The number of aliphatic imine (C=N–C) groups is 1. The Morgan fingerprint density at radius 3 is 2.53 bits per heavy atom. The topological polar surface area (TPSA) is 25.2 Å². The molecule has 2 nitrogen and oxygen atoms in total. The fourth-order valence-electron chi connectivity index (χ4n) is 1.72. The number of aromatic nitrogens is 1. The first-order chi connectivity index (χ1) is 9.35. The standard InChI is InChI=1S/C17H16N2/c1-3-12-18-16(4-2)15-10-11-17(19-13-15)14-8-6-5-7-9-14/h3-13H,2H2,1H3/b12-3-,18-16?. The lowest BCUT2D eigenvalue weighted by molar-refractivity contribution is 1.31. The quantitative estimate of drug-likeness (QED) is 0.742. The maximum Gasteiger partial charge on any atom is 0.0711 e. The third kappa shape index (κ3) is 3.26. The van der Waals surface area contributed by atoms with Crippen molar-refractivity contribution in [2.45, 2.75) is 6.92 Å². The van der Waals surface area contributed by atoms with Gasteiger partial charge in [-0.05, 0) is 25.1 Å². The van der Waals surface area contributed by atoms with Gasteiger partial charge in [0, 0.05) is 23.5 Å². The molecular formula is C17H16N2. The summed E-state index contributed by atoms with van der Waals surface area (Å²) in [5, 5.41) is 0. The summed E-state index contributed by atoms with van der Waals surface area (Å²) >= 11 is 0. The third-order valence-corrected chi connectivity index (χ3v) is 2.68. The second-order valence-corrected chi connectivity index (χ2v) is 4.00. The smallest absolute Gasteiger partial charge is 0.0711 e. The molecule has 0 radical (unpaired) electrons. The number of nitrogens with zero attached hydrogens (tertiary/aromatic N) is 2.